The number of aromatic nitrogens is 7. The van der Waals surface area contributed by atoms with Crippen LogP contribution in [-0.4, -0.2) is 41.2 Å². The number of hydrogen-bond acceptors (Lipinski definition) is 8. The Bertz CT molecular complexity index is 1430. The summed E-state index contributed by atoms with van der Waals surface area (Å²) in [6.07, 6.45) is 7.93. The first-order valence-electron chi connectivity index (χ1n) is 11.3. The number of hydrogen-bond donors (Lipinski definition) is 2. The molecule has 0 spiro atoms. The molecule has 0 bridgehead atoms. The summed E-state index contributed by atoms with van der Waals surface area (Å²) in [5.41, 5.74) is 10.5. The number of rotatable bonds is 8. The van der Waals surface area contributed by atoms with Gasteiger partial charge in [0.25, 0.3) is 0 Å². The first kappa shape index (κ1) is 22.3. The second-order valence-corrected chi connectivity index (χ2v) is 8.07. The molecule has 1 aromatic carbocycles. The molecule has 0 aliphatic heterocycles. The molecule has 0 radical (unpaired) electrons. The molecule has 0 amide bonds. The van der Waals surface area contributed by atoms with E-state index in [9.17, 15) is 0 Å². The summed E-state index contributed by atoms with van der Waals surface area (Å²) in [6, 6.07) is 17.7. The van der Waals surface area contributed by atoms with E-state index >= 15 is 0 Å². The zero-order chi connectivity index (χ0) is 24.0. The molecular formula is C26H25N9. The van der Waals surface area contributed by atoms with Gasteiger partial charge in [-0.2, -0.15) is 5.10 Å². The summed E-state index contributed by atoms with van der Waals surface area (Å²) >= 11 is 0. The van der Waals surface area contributed by atoms with E-state index in [4.69, 9.17) is 5.73 Å². The van der Waals surface area contributed by atoms with Gasteiger partial charge in [-0.05, 0) is 42.3 Å². The lowest BCUT2D eigenvalue weighted by molar-refractivity contribution is 0.625. The van der Waals surface area contributed by atoms with Gasteiger partial charge in [0, 0.05) is 42.8 Å². The monoisotopic (exact) mass is 463 g/mol. The topological polar surface area (TPSA) is 120 Å². The summed E-state index contributed by atoms with van der Waals surface area (Å²) in [7, 11) is 0. The standard InChI is InChI=1S/C26H25N9/c1-18-3-2-4-22(31-18)26-29-13-10-24(34-26)32-23-9-12-28-25(33-23)15-19-5-7-20(8-6-19)21-16-30-35(17-21)14-11-27/h2-10,12-13,16-17H,11,14-15,27H2,1H3,(H,28,29,32,33,34). The Hall–Kier alpha value is -4.50. The molecule has 174 valence electrons. The maximum absolute atomic E-state index is 5.61. The molecule has 35 heavy (non-hydrogen) atoms. The lowest BCUT2D eigenvalue weighted by Gasteiger charge is -2.08. The van der Waals surface area contributed by atoms with Crippen LogP contribution in [-0.2, 0) is 13.0 Å². The van der Waals surface area contributed by atoms with Crippen LogP contribution in [0.5, 0.6) is 0 Å². The Morgan fingerprint density at radius 2 is 1.66 bits per heavy atom. The van der Waals surface area contributed by atoms with Crippen molar-refractivity contribution in [1.82, 2.24) is 34.7 Å². The van der Waals surface area contributed by atoms with Gasteiger partial charge in [0.1, 0.15) is 23.2 Å². The lowest BCUT2D eigenvalue weighted by Crippen LogP contribution is -2.09. The highest BCUT2D eigenvalue weighted by Gasteiger charge is 2.08. The average molecular weight is 464 g/mol. The number of nitrogens with two attached hydrogens (primary N) is 1. The summed E-state index contributed by atoms with van der Waals surface area (Å²) in [4.78, 5) is 22.5. The van der Waals surface area contributed by atoms with E-state index in [0.29, 0.717) is 42.8 Å². The van der Waals surface area contributed by atoms with E-state index < -0.39 is 0 Å². The Morgan fingerprint density at radius 3 is 2.46 bits per heavy atom. The zero-order valence-corrected chi connectivity index (χ0v) is 19.3. The van der Waals surface area contributed by atoms with E-state index in [0.717, 1.165) is 28.1 Å². The summed E-state index contributed by atoms with van der Waals surface area (Å²) < 4.78 is 1.85. The molecule has 0 atom stereocenters. The van der Waals surface area contributed by atoms with Crippen molar-refractivity contribution in [3.8, 4) is 22.6 Å². The van der Waals surface area contributed by atoms with Gasteiger partial charge >= 0.3 is 0 Å². The minimum absolute atomic E-state index is 0.557. The number of pyridine rings is 1. The van der Waals surface area contributed by atoms with Gasteiger partial charge in [-0.1, -0.05) is 30.3 Å². The molecule has 5 aromatic rings. The average Bonchev–Trinajstić information content (AvgIpc) is 3.34. The molecule has 3 N–H and O–H groups in total. The molecule has 4 heterocycles. The van der Waals surface area contributed by atoms with Crippen molar-refractivity contribution in [2.45, 2.75) is 19.9 Å². The van der Waals surface area contributed by atoms with Crippen LogP contribution in [0.15, 0.2) is 79.4 Å². The van der Waals surface area contributed by atoms with Crippen molar-refractivity contribution in [2.75, 3.05) is 11.9 Å². The van der Waals surface area contributed by atoms with E-state index in [1.54, 1.807) is 18.5 Å². The van der Waals surface area contributed by atoms with E-state index in [1.807, 2.05) is 48.3 Å². The van der Waals surface area contributed by atoms with Gasteiger partial charge in [-0.3, -0.25) is 4.68 Å². The minimum Gasteiger partial charge on any atom is -0.329 e. The van der Waals surface area contributed by atoms with E-state index in [-0.39, 0.29) is 0 Å². The predicted molar refractivity (Wildman–Crippen MR) is 135 cm³/mol. The van der Waals surface area contributed by atoms with Gasteiger partial charge < -0.3 is 11.1 Å². The predicted octanol–water partition coefficient (Wildman–Crippen LogP) is 3.79. The maximum atomic E-state index is 5.61. The van der Waals surface area contributed by atoms with Crippen LogP contribution >= 0.6 is 0 Å². The van der Waals surface area contributed by atoms with Gasteiger partial charge in [0.15, 0.2) is 5.82 Å². The Balaban J connectivity index is 1.28. The van der Waals surface area contributed by atoms with Crippen molar-refractivity contribution >= 4 is 11.6 Å². The quantitative estimate of drug-likeness (QED) is 0.357. The second-order valence-electron chi connectivity index (χ2n) is 8.07. The number of benzene rings is 1. The van der Waals surface area contributed by atoms with Crippen LogP contribution < -0.4 is 11.1 Å². The maximum Gasteiger partial charge on any atom is 0.180 e. The number of aryl methyl sites for hydroxylation is 1. The van der Waals surface area contributed by atoms with Crippen LogP contribution in [0.4, 0.5) is 11.6 Å². The molecule has 5 rings (SSSR count). The van der Waals surface area contributed by atoms with Crippen LogP contribution in [0, 0.1) is 6.92 Å². The number of nitrogens with one attached hydrogen (secondary N) is 1. The highest BCUT2D eigenvalue weighted by atomic mass is 15.3. The molecular weight excluding hydrogens is 438 g/mol. The Labute approximate surface area is 203 Å². The van der Waals surface area contributed by atoms with Crippen LogP contribution in [0.3, 0.4) is 0 Å². The zero-order valence-electron chi connectivity index (χ0n) is 19.3. The van der Waals surface area contributed by atoms with Crippen LogP contribution in [0.2, 0.25) is 0 Å². The van der Waals surface area contributed by atoms with E-state index in [1.165, 1.54) is 0 Å². The third kappa shape index (κ3) is 5.53. The fourth-order valence-electron chi connectivity index (χ4n) is 3.67. The van der Waals surface area contributed by atoms with Gasteiger partial charge in [0.05, 0.1) is 12.7 Å². The van der Waals surface area contributed by atoms with Gasteiger partial charge in [0.2, 0.25) is 0 Å². The van der Waals surface area contributed by atoms with Crippen molar-refractivity contribution in [2.24, 2.45) is 5.73 Å². The summed E-state index contributed by atoms with van der Waals surface area (Å²) in [5.74, 6) is 2.58. The number of anilines is 2. The Morgan fingerprint density at radius 1 is 0.857 bits per heavy atom. The van der Waals surface area contributed by atoms with Crippen LogP contribution in [0.1, 0.15) is 17.1 Å². The van der Waals surface area contributed by atoms with Crippen molar-refractivity contribution < 1.29 is 0 Å². The molecule has 0 fully saturated rings. The number of nitrogens with zero attached hydrogens (tertiary/aromatic N) is 7. The molecule has 9 heteroatoms. The molecule has 0 saturated heterocycles. The first-order valence-corrected chi connectivity index (χ1v) is 11.3. The van der Waals surface area contributed by atoms with Crippen molar-refractivity contribution in [3.05, 3.63) is 96.5 Å². The molecule has 0 unspecified atom stereocenters. The minimum atomic E-state index is 0.557. The lowest BCUT2D eigenvalue weighted by atomic mass is 10.1. The van der Waals surface area contributed by atoms with Crippen molar-refractivity contribution in [1.29, 1.82) is 0 Å². The van der Waals surface area contributed by atoms with Crippen molar-refractivity contribution in [3.63, 3.8) is 0 Å². The van der Waals surface area contributed by atoms with Gasteiger partial charge in [-0.15, -0.1) is 0 Å². The molecule has 0 aliphatic rings. The third-order valence-electron chi connectivity index (χ3n) is 5.38. The highest BCUT2D eigenvalue weighted by Crippen LogP contribution is 2.21. The fraction of sp³-hybridized carbons (Fsp3) is 0.154. The SMILES string of the molecule is Cc1cccc(-c2nccc(Nc3ccnc(Cc4ccc(-c5cnn(CCN)c5)cc4)n3)n2)n1. The molecule has 0 saturated carbocycles. The Kier molecular flexibility index (Phi) is 6.49. The normalized spacial score (nSPS) is 10.9. The third-order valence-corrected chi connectivity index (χ3v) is 5.38. The summed E-state index contributed by atoms with van der Waals surface area (Å²) in [5, 5.41) is 7.59. The highest BCUT2D eigenvalue weighted by molar-refractivity contribution is 5.62. The molecule has 9 nitrogen and oxygen atoms in total. The molecule has 4 aromatic heterocycles. The molecule has 0 aliphatic carbocycles. The first-order chi connectivity index (χ1) is 17.2. The summed E-state index contributed by atoms with van der Waals surface area (Å²) in [6.45, 7) is 3.22. The van der Waals surface area contributed by atoms with Crippen LogP contribution in [0.25, 0.3) is 22.6 Å². The fourth-order valence-corrected chi connectivity index (χ4v) is 3.67. The smallest absolute Gasteiger partial charge is 0.180 e. The van der Waals surface area contributed by atoms with E-state index in [2.05, 4.69) is 59.6 Å². The largest absolute Gasteiger partial charge is 0.329 e. The second kappa shape index (κ2) is 10.2. The van der Waals surface area contributed by atoms with Gasteiger partial charge in [-0.25, -0.2) is 24.9 Å².